The molecule has 0 aliphatic carbocycles. The van der Waals surface area contributed by atoms with Crippen LogP contribution in [0.25, 0.3) is 0 Å². The van der Waals surface area contributed by atoms with Gasteiger partial charge in [-0.1, -0.05) is 30.3 Å². The summed E-state index contributed by atoms with van der Waals surface area (Å²) in [6.45, 7) is 5.85. The molecule has 2 aromatic rings. The van der Waals surface area contributed by atoms with Gasteiger partial charge in [-0.05, 0) is 62.0 Å². The molecule has 0 aromatic heterocycles. The van der Waals surface area contributed by atoms with Crippen molar-refractivity contribution in [2.75, 3.05) is 50.8 Å². The number of likely N-dealkylation sites (tertiary alicyclic amines) is 1. The summed E-state index contributed by atoms with van der Waals surface area (Å²) in [5, 5.41) is 9.04. The van der Waals surface area contributed by atoms with Crippen LogP contribution in [0.5, 0.6) is 0 Å². The lowest BCUT2D eigenvalue weighted by atomic mass is 9.93. The summed E-state index contributed by atoms with van der Waals surface area (Å²) < 4.78 is 19.3. The zero-order valence-electron chi connectivity index (χ0n) is 19.0. The molecule has 0 N–H and O–H groups in total. The SMILES string of the molecule is N#Cc1cc(F)cc(N2CCN(C(=O)OCCC3CCN(Cc4ccccc4)CC3)CC2)c1. The average Bonchev–Trinajstić information content (AvgIpc) is 2.85. The zero-order chi connectivity index (χ0) is 23.0. The van der Waals surface area contributed by atoms with Gasteiger partial charge in [-0.15, -0.1) is 0 Å². The molecule has 0 saturated carbocycles. The van der Waals surface area contributed by atoms with Crippen molar-refractivity contribution < 1.29 is 13.9 Å². The number of anilines is 1. The molecule has 2 saturated heterocycles. The molecular formula is C26H31FN4O2. The van der Waals surface area contributed by atoms with E-state index in [-0.39, 0.29) is 6.09 Å². The number of piperazine rings is 1. The van der Waals surface area contributed by atoms with Gasteiger partial charge < -0.3 is 14.5 Å². The minimum absolute atomic E-state index is 0.270. The quantitative estimate of drug-likeness (QED) is 0.658. The van der Waals surface area contributed by atoms with Gasteiger partial charge in [-0.3, -0.25) is 4.90 Å². The summed E-state index contributed by atoms with van der Waals surface area (Å²) in [5.41, 5.74) is 2.34. The van der Waals surface area contributed by atoms with Gasteiger partial charge in [0.15, 0.2) is 0 Å². The van der Waals surface area contributed by atoms with Crippen molar-refractivity contribution in [3.63, 3.8) is 0 Å². The van der Waals surface area contributed by atoms with E-state index in [1.807, 2.05) is 17.0 Å². The van der Waals surface area contributed by atoms with Crippen LogP contribution in [0.2, 0.25) is 0 Å². The second kappa shape index (κ2) is 11.2. The average molecular weight is 451 g/mol. The Morgan fingerprint density at radius 1 is 1.03 bits per heavy atom. The van der Waals surface area contributed by atoms with Crippen molar-refractivity contribution in [3.8, 4) is 6.07 Å². The molecule has 2 aliphatic rings. The number of carbonyl (C=O) groups is 1. The lowest BCUT2D eigenvalue weighted by Gasteiger charge is -2.35. The number of halogens is 1. The third kappa shape index (κ3) is 6.45. The second-order valence-corrected chi connectivity index (χ2v) is 8.89. The van der Waals surface area contributed by atoms with E-state index in [4.69, 9.17) is 10.00 Å². The molecule has 2 aromatic carbocycles. The highest BCUT2D eigenvalue weighted by Gasteiger charge is 2.24. The first kappa shape index (κ1) is 23.1. The largest absolute Gasteiger partial charge is 0.449 e. The molecule has 2 heterocycles. The van der Waals surface area contributed by atoms with Crippen LogP contribution in [0.4, 0.5) is 14.9 Å². The highest BCUT2D eigenvalue weighted by molar-refractivity contribution is 5.68. The molecule has 0 bridgehead atoms. The van der Waals surface area contributed by atoms with Gasteiger partial charge >= 0.3 is 6.09 Å². The third-order valence-electron chi connectivity index (χ3n) is 6.62. The summed E-state index contributed by atoms with van der Waals surface area (Å²) in [5.74, 6) is 0.181. The fourth-order valence-corrected chi connectivity index (χ4v) is 4.65. The fourth-order valence-electron chi connectivity index (χ4n) is 4.65. The number of rotatable bonds is 6. The Morgan fingerprint density at radius 3 is 2.45 bits per heavy atom. The minimum atomic E-state index is -0.420. The Morgan fingerprint density at radius 2 is 1.76 bits per heavy atom. The van der Waals surface area contributed by atoms with Crippen molar-refractivity contribution in [1.29, 1.82) is 5.26 Å². The Bertz CT molecular complexity index is 962. The van der Waals surface area contributed by atoms with E-state index >= 15 is 0 Å². The van der Waals surface area contributed by atoms with Crippen molar-refractivity contribution in [3.05, 3.63) is 65.5 Å². The number of hydrogen-bond donors (Lipinski definition) is 0. The van der Waals surface area contributed by atoms with E-state index in [9.17, 15) is 9.18 Å². The van der Waals surface area contributed by atoms with Crippen LogP contribution in [0, 0.1) is 23.1 Å². The summed E-state index contributed by atoms with van der Waals surface area (Å²) in [4.78, 5) is 18.7. The number of ether oxygens (including phenoxy) is 1. The highest BCUT2D eigenvalue weighted by Crippen LogP contribution is 2.23. The van der Waals surface area contributed by atoms with Crippen molar-refractivity contribution in [1.82, 2.24) is 9.80 Å². The smallest absolute Gasteiger partial charge is 0.409 e. The maximum absolute atomic E-state index is 13.7. The minimum Gasteiger partial charge on any atom is -0.449 e. The molecule has 4 rings (SSSR count). The van der Waals surface area contributed by atoms with Gasteiger partial charge in [0.05, 0.1) is 18.2 Å². The van der Waals surface area contributed by atoms with Gasteiger partial charge in [-0.25, -0.2) is 9.18 Å². The number of carbonyl (C=O) groups excluding carboxylic acids is 1. The number of piperidine rings is 1. The molecule has 2 fully saturated rings. The summed E-state index contributed by atoms with van der Waals surface area (Å²) in [6.07, 6.45) is 2.92. The first-order valence-electron chi connectivity index (χ1n) is 11.7. The zero-order valence-corrected chi connectivity index (χ0v) is 19.0. The number of nitrogens with zero attached hydrogens (tertiary/aromatic N) is 4. The van der Waals surface area contributed by atoms with Gasteiger partial charge in [0, 0.05) is 38.4 Å². The maximum atomic E-state index is 13.7. The van der Waals surface area contributed by atoms with Crippen LogP contribution in [-0.4, -0.2) is 61.8 Å². The van der Waals surface area contributed by atoms with Crippen molar-refractivity contribution >= 4 is 11.8 Å². The van der Waals surface area contributed by atoms with Gasteiger partial charge in [0.2, 0.25) is 0 Å². The molecule has 174 valence electrons. The first-order chi connectivity index (χ1) is 16.1. The normalized spacial score (nSPS) is 17.6. The third-order valence-corrected chi connectivity index (χ3v) is 6.62. The second-order valence-electron chi connectivity index (χ2n) is 8.89. The molecule has 7 heteroatoms. The monoisotopic (exact) mass is 450 g/mol. The number of amides is 1. The van der Waals surface area contributed by atoms with Crippen LogP contribution in [0.3, 0.4) is 0 Å². The van der Waals surface area contributed by atoms with Gasteiger partial charge in [0.1, 0.15) is 5.82 Å². The lowest BCUT2D eigenvalue weighted by molar-refractivity contribution is 0.0874. The van der Waals surface area contributed by atoms with Crippen LogP contribution in [-0.2, 0) is 11.3 Å². The van der Waals surface area contributed by atoms with E-state index < -0.39 is 5.82 Å². The van der Waals surface area contributed by atoms with Crippen LogP contribution < -0.4 is 4.90 Å². The maximum Gasteiger partial charge on any atom is 0.409 e. The molecular weight excluding hydrogens is 419 g/mol. The molecule has 6 nitrogen and oxygen atoms in total. The van der Waals surface area contributed by atoms with E-state index in [0.29, 0.717) is 50.0 Å². The highest BCUT2D eigenvalue weighted by atomic mass is 19.1. The Kier molecular flexibility index (Phi) is 7.79. The Labute approximate surface area is 195 Å². The summed E-state index contributed by atoms with van der Waals surface area (Å²) in [7, 11) is 0. The van der Waals surface area contributed by atoms with Crippen LogP contribution >= 0.6 is 0 Å². The molecule has 33 heavy (non-hydrogen) atoms. The molecule has 1 amide bonds. The van der Waals surface area contributed by atoms with E-state index in [1.165, 1.54) is 17.7 Å². The van der Waals surface area contributed by atoms with Crippen molar-refractivity contribution in [2.45, 2.75) is 25.8 Å². The fraction of sp³-hybridized carbons (Fsp3) is 0.462. The van der Waals surface area contributed by atoms with E-state index in [0.717, 1.165) is 38.9 Å². The van der Waals surface area contributed by atoms with Gasteiger partial charge in [0.25, 0.3) is 0 Å². The topological polar surface area (TPSA) is 59.8 Å². The Balaban J connectivity index is 1.14. The number of benzene rings is 2. The molecule has 0 atom stereocenters. The van der Waals surface area contributed by atoms with Crippen LogP contribution in [0.1, 0.15) is 30.4 Å². The first-order valence-corrected chi connectivity index (χ1v) is 11.7. The number of nitriles is 1. The molecule has 0 radical (unpaired) electrons. The molecule has 0 spiro atoms. The predicted molar refractivity (Wildman–Crippen MR) is 125 cm³/mol. The van der Waals surface area contributed by atoms with Crippen molar-refractivity contribution in [2.24, 2.45) is 5.92 Å². The lowest BCUT2D eigenvalue weighted by Crippen LogP contribution is -2.49. The standard InChI is InChI=1S/C26H31FN4O2/c27-24-16-23(19-28)17-25(18-24)30-11-13-31(14-12-30)26(32)33-15-8-21-6-9-29(10-7-21)20-22-4-2-1-3-5-22/h1-5,16-18,21H,6-15,20H2. The molecule has 2 aliphatic heterocycles. The summed E-state index contributed by atoms with van der Waals surface area (Å²) >= 11 is 0. The Hall–Kier alpha value is -3.11. The predicted octanol–water partition coefficient (Wildman–Crippen LogP) is 4.26. The van der Waals surface area contributed by atoms with Crippen LogP contribution in [0.15, 0.2) is 48.5 Å². The van der Waals surface area contributed by atoms with E-state index in [1.54, 1.807) is 11.0 Å². The number of hydrogen-bond acceptors (Lipinski definition) is 5. The molecule has 0 unspecified atom stereocenters. The van der Waals surface area contributed by atoms with E-state index in [2.05, 4.69) is 29.2 Å². The summed E-state index contributed by atoms with van der Waals surface area (Å²) in [6, 6.07) is 16.9. The van der Waals surface area contributed by atoms with Gasteiger partial charge in [-0.2, -0.15) is 5.26 Å².